The fourth-order valence-electron chi connectivity index (χ4n) is 4.30. The van der Waals surface area contributed by atoms with Gasteiger partial charge in [-0.1, -0.05) is 45.0 Å². The van der Waals surface area contributed by atoms with Crippen LogP contribution in [0, 0.1) is 17.3 Å². The molecule has 1 saturated carbocycles. The molecule has 2 fully saturated rings. The first-order chi connectivity index (χ1) is 10.9. The lowest BCUT2D eigenvalue weighted by atomic mass is 9.91. The fraction of sp³-hybridized carbons (Fsp3) is 0.650. The molecule has 0 aromatic heterocycles. The molecule has 4 rings (SSSR count). The summed E-state index contributed by atoms with van der Waals surface area (Å²) in [4.78, 5) is 15.2. The monoisotopic (exact) mass is 312 g/mol. The maximum Gasteiger partial charge on any atom is 0.225 e. The van der Waals surface area contributed by atoms with Crippen molar-refractivity contribution in [2.24, 2.45) is 17.3 Å². The van der Waals surface area contributed by atoms with Crippen LogP contribution in [0.25, 0.3) is 0 Å². The summed E-state index contributed by atoms with van der Waals surface area (Å²) in [5.41, 5.74) is 2.49. The molecule has 1 aromatic carbocycles. The maximum absolute atomic E-state index is 12.6. The molecule has 1 aliphatic heterocycles. The van der Waals surface area contributed by atoms with Gasteiger partial charge in [-0.25, -0.2) is 0 Å². The molecule has 1 amide bonds. The van der Waals surface area contributed by atoms with Crippen LogP contribution in [0.1, 0.15) is 56.7 Å². The van der Waals surface area contributed by atoms with Gasteiger partial charge in [0.25, 0.3) is 0 Å². The van der Waals surface area contributed by atoms with Crippen LogP contribution in [0.2, 0.25) is 0 Å². The normalized spacial score (nSPS) is 30.1. The lowest BCUT2D eigenvalue weighted by molar-refractivity contribution is -0.129. The maximum atomic E-state index is 12.6. The molecule has 0 radical (unpaired) electrons. The van der Waals surface area contributed by atoms with Crippen molar-refractivity contribution in [2.45, 2.75) is 45.6 Å². The van der Waals surface area contributed by atoms with E-state index in [1.807, 2.05) is 20.8 Å². The smallest absolute Gasteiger partial charge is 0.225 e. The SMILES string of the molecule is CC(C)(C)C(=O)N[C@@H]1c2ccccc2[C@@H]2CN(CC3CC3)C[C@H]12. The molecule has 1 N–H and O–H groups in total. The highest BCUT2D eigenvalue weighted by Crippen LogP contribution is 2.50. The summed E-state index contributed by atoms with van der Waals surface area (Å²) >= 11 is 0. The van der Waals surface area contributed by atoms with Gasteiger partial charge in [0.1, 0.15) is 0 Å². The van der Waals surface area contributed by atoms with Gasteiger partial charge in [0.05, 0.1) is 6.04 Å². The third-order valence-corrected chi connectivity index (χ3v) is 5.78. The predicted octanol–water partition coefficient (Wildman–Crippen LogP) is 3.33. The molecule has 2 aliphatic carbocycles. The summed E-state index contributed by atoms with van der Waals surface area (Å²) in [6.07, 6.45) is 2.82. The molecule has 3 atom stereocenters. The number of nitrogens with one attached hydrogen (secondary N) is 1. The van der Waals surface area contributed by atoms with E-state index in [1.54, 1.807) is 0 Å². The van der Waals surface area contributed by atoms with E-state index in [4.69, 9.17) is 0 Å². The van der Waals surface area contributed by atoms with Gasteiger partial charge in [-0.3, -0.25) is 4.79 Å². The van der Waals surface area contributed by atoms with Crippen molar-refractivity contribution in [3.05, 3.63) is 35.4 Å². The summed E-state index contributed by atoms with van der Waals surface area (Å²) in [5, 5.41) is 3.37. The average Bonchev–Trinajstić information content (AvgIpc) is 3.13. The van der Waals surface area contributed by atoms with Gasteiger partial charge < -0.3 is 10.2 Å². The zero-order valence-electron chi connectivity index (χ0n) is 14.5. The number of benzene rings is 1. The van der Waals surface area contributed by atoms with E-state index in [1.165, 1.54) is 37.1 Å². The van der Waals surface area contributed by atoms with E-state index in [2.05, 4.69) is 34.5 Å². The molecule has 0 bridgehead atoms. The average molecular weight is 312 g/mol. The second-order valence-corrected chi connectivity index (χ2v) is 8.76. The first-order valence-corrected chi connectivity index (χ1v) is 9.05. The Morgan fingerprint density at radius 3 is 2.52 bits per heavy atom. The van der Waals surface area contributed by atoms with E-state index in [0.29, 0.717) is 11.8 Å². The molecule has 3 heteroatoms. The van der Waals surface area contributed by atoms with Crippen LogP contribution in [0.3, 0.4) is 0 Å². The van der Waals surface area contributed by atoms with Crippen LogP contribution < -0.4 is 5.32 Å². The first-order valence-electron chi connectivity index (χ1n) is 9.05. The van der Waals surface area contributed by atoms with E-state index in [-0.39, 0.29) is 17.4 Å². The van der Waals surface area contributed by atoms with Gasteiger partial charge in [-0.05, 0) is 29.9 Å². The minimum absolute atomic E-state index is 0.165. The number of carbonyl (C=O) groups excluding carboxylic acids is 1. The Hall–Kier alpha value is -1.35. The molecule has 3 aliphatic rings. The van der Waals surface area contributed by atoms with E-state index < -0.39 is 0 Å². The van der Waals surface area contributed by atoms with Crippen LogP contribution in [0.4, 0.5) is 0 Å². The molecule has 1 aromatic rings. The number of hydrogen-bond acceptors (Lipinski definition) is 2. The molecule has 0 spiro atoms. The van der Waals surface area contributed by atoms with Crippen molar-refractivity contribution in [3.8, 4) is 0 Å². The van der Waals surface area contributed by atoms with Crippen LogP contribution in [0.15, 0.2) is 24.3 Å². The molecular weight excluding hydrogens is 284 g/mol. The van der Waals surface area contributed by atoms with Crippen LogP contribution in [-0.4, -0.2) is 30.4 Å². The Morgan fingerprint density at radius 2 is 1.87 bits per heavy atom. The van der Waals surface area contributed by atoms with Crippen molar-refractivity contribution in [2.75, 3.05) is 19.6 Å². The standard InChI is InChI=1S/C20H28N2O/c1-20(2,3)19(23)21-18-15-7-5-4-6-14(15)16-11-22(12-17(16)18)10-13-8-9-13/h4-7,13,16-18H,8-12H2,1-3H3,(H,21,23)/t16-,17-,18+/m0/s1. The molecule has 3 nitrogen and oxygen atoms in total. The Morgan fingerprint density at radius 1 is 1.17 bits per heavy atom. The Labute approximate surface area is 139 Å². The highest BCUT2D eigenvalue weighted by atomic mass is 16.2. The summed E-state index contributed by atoms with van der Waals surface area (Å²) in [5.74, 6) is 2.23. The van der Waals surface area contributed by atoms with Gasteiger partial charge in [0, 0.05) is 36.9 Å². The van der Waals surface area contributed by atoms with Crippen molar-refractivity contribution in [3.63, 3.8) is 0 Å². The minimum atomic E-state index is -0.334. The lowest BCUT2D eigenvalue weighted by Gasteiger charge is -2.26. The van der Waals surface area contributed by atoms with Gasteiger partial charge in [-0.2, -0.15) is 0 Å². The van der Waals surface area contributed by atoms with Crippen molar-refractivity contribution in [1.29, 1.82) is 0 Å². The first kappa shape index (κ1) is 15.2. The molecular formula is C20H28N2O. The fourth-order valence-corrected chi connectivity index (χ4v) is 4.30. The number of hydrogen-bond donors (Lipinski definition) is 1. The number of carbonyl (C=O) groups is 1. The number of rotatable bonds is 3. The number of nitrogens with zero attached hydrogens (tertiary/aromatic N) is 1. The number of likely N-dealkylation sites (tertiary alicyclic amines) is 1. The van der Waals surface area contributed by atoms with Gasteiger partial charge >= 0.3 is 0 Å². The van der Waals surface area contributed by atoms with Crippen LogP contribution in [-0.2, 0) is 4.79 Å². The summed E-state index contributed by atoms with van der Waals surface area (Å²) in [7, 11) is 0. The summed E-state index contributed by atoms with van der Waals surface area (Å²) < 4.78 is 0. The van der Waals surface area contributed by atoms with E-state index in [9.17, 15) is 4.79 Å². The third kappa shape index (κ3) is 2.80. The zero-order valence-corrected chi connectivity index (χ0v) is 14.5. The molecule has 124 valence electrons. The zero-order chi connectivity index (χ0) is 16.2. The van der Waals surface area contributed by atoms with E-state index >= 15 is 0 Å². The third-order valence-electron chi connectivity index (χ3n) is 5.78. The Kier molecular flexibility index (Phi) is 3.53. The number of amides is 1. The van der Waals surface area contributed by atoms with Gasteiger partial charge in [-0.15, -0.1) is 0 Å². The Bertz CT molecular complexity index is 614. The van der Waals surface area contributed by atoms with Crippen LogP contribution in [0.5, 0.6) is 0 Å². The number of fused-ring (bicyclic) bond motifs is 3. The minimum Gasteiger partial charge on any atom is -0.348 e. The Balaban J connectivity index is 1.58. The quantitative estimate of drug-likeness (QED) is 0.928. The second kappa shape index (κ2) is 5.34. The van der Waals surface area contributed by atoms with Crippen molar-refractivity contribution in [1.82, 2.24) is 10.2 Å². The summed E-state index contributed by atoms with van der Waals surface area (Å²) in [6, 6.07) is 8.93. The second-order valence-electron chi connectivity index (χ2n) is 8.76. The molecule has 0 unspecified atom stereocenters. The predicted molar refractivity (Wildman–Crippen MR) is 92.2 cm³/mol. The van der Waals surface area contributed by atoms with Crippen molar-refractivity contribution >= 4 is 5.91 Å². The summed E-state index contributed by atoms with van der Waals surface area (Å²) in [6.45, 7) is 9.54. The molecule has 23 heavy (non-hydrogen) atoms. The molecule has 1 heterocycles. The van der Waals surface area contributed by atoms with Crippen molar-refractivity contribution < 1.29 is 4.79 Å². The van der Waals surface area contributed by atoms with E-state index in [0.717, 1.165) is 12.5 Å². The topological polar surface area (TPSA) is 32.3 Å². The van der Waals surface area contributed by atoms with Crippen LogP contribution >= 0.6 is 0 Å². The lowest BCUT2D eigenvalue weighted by Crippen LogP contribution is -2.40. The largest absolute Gasteiger partial charge is 0.348 e. The highest BCUT2D eigenvalue weighted by molar-refractivity contribution is 5.82. The molecule has 1 saturated heterocycles. The van der Waals surface area contributed by atoms with Gasteiger partial charge in [0.15, 0.2) is 0 Å². The van der Waals surface area contributed by atoms with Gasteiger partial charge in [0.2, 0.25) is 5.91 Å². The highest BCUT2D eigenvalue weighted by Gasteiger charge is 2.47.